The lowest BCUT2D eigenvalue weighted by Crippen LogP contribution is -2.45. The van der Waals surface area contributed by atoms with Gasteiger partial charge in [-0.1, -0.05) is 204 Å². The Kier molecular flexibility index (Phi) is 43.2. The Labute approximate surface area is 341 Å². The number of amides is 1. The van der Waals surface area contributed by atoms with Gasteiger partial charge >= 0.3 is 5.97 Å². The van der Waals surface area contributed by atoms with Crippen molar-refractivity contribution >= 4 is 11.9 Å². The molecule has 1 amide bonds. The van der Waals surface area contributed by atoms with Gasteiger partial charge < -0.3 is 20.3 Å². The fraction of sp³-hybridized carbons (Fsp3) is 0.837. The minimum absolute atomic E-state index is 0.0163. The fourth-order valence-corrected chi connectivity index (χ4v) is 6.94. The van der Waals surface area contributed by atoms with E-state index in [1.165, 1.54) is 148 Å². The van der Waals surface area contributed by atoms with Crippen LogP contribution in [0, 0.1) is 0 Å². The predicted molar refractivity (Wildman–Crippen MR) is 236 cm³/mol. The summed E-state index contributed by atoms with van der Waals surface area (Å²) in [6, 6.07) is -0.632. The molecule has 0 aliphatic heterocycles. The molecule has 6 nitrogen and oxygen atoms in total. The van der Waals surface area contributed by atoms with Crippen LogP contribution in [-0.2, 0) is 14.3 Å². The van der Waals surface area contributed by atoms with Crippen LogP contribution < -0.4 is 5.32 Å². The highest BCUT2D eigenvalue weighted by molar-refractivity contribution is 5.76. The van der Waals surface area contributed by atoms with E-state index in [0.29, 0.717) is 19.4 Å². The van der Waals surface area contributed by atoms with Crippen LogP contribution in [0.25, 0.3) is 0 Å². The van der Waals surface area contributed by atoms with E-state index in [-0.39, 0.29) is 18.5 Å². The maximum atomic E-state index is 12.3. The van der Waals surface area contributed by atoms with E-state index in [2.05, 4.69) is 43.5 Å². The number of aliphatic hydroxyl groups excluding tert-OH is 2. The normalized spacial score (nSPS) is 13.0. The van der Waals surface area contributed by atoms with E-state index in [4.69, 9.17) is 4.74 Å². The number of unbranched alkanes of at least 4 members (excludes halogenated alkanes) is 28. The summed E-state index contributed by atoms with van der Waals surface area (Å²) in [7, 11) is 0. The molecular formula is C49H91NO5. The summed E-state index contributed by atoms with van der Waals surface area (Å²) in [4.78, 5) is 24.3. The van der Waals surface area contributed by atoms with E-state index in [9.17, 15) is 19.8 Å². The van der Waals surface area contributed by atoms with Crippen LogP contribution in [0.5, 0.6) is 0 Å². The largest absolute Gasteiger partial charge is 0.466 e. The van der Waals surface area contributed by atoms with Gasteiger partial charge in [0.1, 0.15) is 0 Å². The first-order chi connectivity index (χ1) is 27.0. The molecular weight excluding hydrogens is 683 g/mol. The predicted octanol–water partition coefficient (Wildman–Crippen LogP) is 13.7. The minimum atomic E-state index is -0.848. The van der Waals surface area contributed by atoms with Crippen molar-refractivity contribution in [1.29, 1.82) is 0 Å². The smallest absolute Gasteiger partial charge is 0.305 e. The molecule has 0 saturated heterocycles. The van der Waals surface area contributed by atoms with E-state index < -0.39 is 12.1 Å². The zero-order chi connectivity index (χ0) is 40.1. The zero-order valence-corrected chi connectivity index (χ0v) is 36.4. The SMILES string of the molecule is CCCC/C=C\C/C=C\CCCCCCCC(=O)OCCCCCCCCCCCCCCCCCC(=O)NC(CO)C(O)/C=C/CCCCCCCCC. The number of hydrogen-bond acceptors (Lipinski definition) is 5. The molecule has 0 aromatic carbocycles. The minimum Gasteiger partial charge on any atom is -0.466 e. The molecule has 0 aromatic heterocycles. The van der Waals surface area contributed by atoms with Crippen molar-refractivity contribution in [1.82, 2.24) is 5.32 Å². The first kappa shape index (κ1) is 53.1. The van der Waals surface area contributed by atoms with Gasteiger partial charge in [0.25, 0.3) is 0 Å². The first-order valence-electron chi connectivity index (χ1n) is 23.8. The molecule has 0 saturated carbocycles. The number of esters is 1. The second-order valence-electron chi connectivity index (χ2n) is 16.1. The van der Waals surface area contributed by atoms with Crippen LogP contribution in [0.1, 0.15) is 239 Å². The Balaban J connectivity index is 3.45. The molecule has 3 N–H and O–H groups in total. The monoisotopic (exact) mass is 774 g/mol. The Bertz CT molecular complexity index is 900. The summed E-state index contributed by atoms with van der Waals surface area (Å²) in [6.45, 7) is 4.79. The summed E-state index contributed by atoms with van der Waals surface area (Å²) in [5.74, 6) is -0.0974. The zero-order valence-electron chi connectivity index (χ0n) is 36.4. The highest BCUT2D eigenvalue weighted by Gasteiger charge is 2.18. The van der Waals surface area contributed by atoms with E-state index >= 15 is 0 Å². The molecule has 6 heteroatoms. The molecule has 0 rings (SSSR count). The molecule has 2 unspecified atom stereocenters. The van der Waals surface area contributed by atoms with Crippen LogP contribution in [-0.4, -0.2) is 47.4 Å². The van der Waals surface area contributed by atoms with Gasteiger partial charge in [-0.05, 0) is 57.8 Å². The van der Waals surface area contributed by atoms with Crippen molar-refractivity contribution in [2.24, 2.45) is 0 Å². The number of carbonyl (C=O) groups excluding carboxylic acids is 2. The van der Waals surface area contributed by atoms with Gasteiger partial charge in [-0.15, -0.1) is 0 Å². The van der Waals surface area contributed by atoms with Crippen molar-refractivity contribution in [3.8, 4) is 0 Å². The topological polar surface area (TPSA) is 95.9 Å². The number of ether oxygens (including phenoxy) is 1. The lowest BCUT2D eigenvalue weighted by molar-refractivity contribution is -0.143. The molecule has 0 bridgehead atoms. The van der Waals surface area contributed by atoms with Crippen LogP contribution in [0.2, 0.25) is 0 Å². The van der Waals surface area contributed by atoms with Crippen molar-refractivity contribution in [3.05, 3.63) is 36.5 Å². The maximum Gasteiger partial charge on any atom is 0.305 e. The van der Waals surface area contributed by atoms with Crippen molar-refractivity contribution in [2.75, 3.05) is 13.2 Å². The van der Waals surface area contributed by atoms with Crippen LogP contribution >= 0.6 is 0 Å². The second kappa shape index (κ2) is 44.8. The summed E-state index contributed by atoms with van der Waals surface area (Å²) < 4.78 is 5.45. The Morgan fingerprint density at radius 1 is 0.509 bits per heavy atom. The standard InChI is InChI=1S/C49H91NO5/c1-3-5-7-9-11-13-14-15-20-23-27-31-35-39-43-49(54)55-44-40-36-32-28-24-21-18-16-17-19-22-26-30-34-38-42-48(53)50-46(45-51)47(52)41-37-33-29-25-12-10-8-6-4-2/h9,11,14-15,37,41,46-47,51-52H,3-8,10,12-13,16-36,38-40,42-45H2,1-2H3,(H,50,53)/b11-9-,15-14-,41-37+. The summed E-state index contributed by atoms with van der Waals surface area (Å²) in [5.41, 5.74) is 0. The Hall–Kier alpha value is -1.92. The van der Waals surface area contributed by atoms with Crippen molar-refractivity contribution in [2.45, 2.75) is 251 Å². The first-order valence-corrected chi connectivity index (χ1v) is 23.8. The van der Waals surface area contributed by atoms with Crippen LogP contribution in [0.4, 0.5) is 0 Å². The number of aliphatic hydroxyl groups is 2. The molecule has 55 heavy (non-hydrogen) atoms. The third-order valence-electron chi connectivity index (χ3n) is 10.7. The van der Waals surface area contributed by atoms with Gasteiger partial charge in [0, 0.05) is 12.8 Å². The number of nitrogens with one attached hydrogen (secondary N) is 1. The third-order valence-corrected chi connectivity index (χ3v) is 10.7. The van der Waals surface area contributed by atoms with Crippen LogP contribution in [0.15, 0.2) is 36.5 Å². The van der Waals surface area contributed by atoms with E-state index in [1.54, 1.807) is 6.08 Å². The van der Waals surface area contributed by atoms with Gasteiger partial charge in [-0.25, -0.2) is 0 Å². The number of carbonyl (C=O) groups is 2. The van der Waals surface area contributed by atoms with Crippen molar-refractivity contribution in [3.63, 3.8) is 0 Å². The molecule has 0 spiro atoms. The van der Waals surface area contributed by atoms with Gasteiger partial charge in [0.15, 0.2) is 0 Å². The summed E-state index contributed by atoms with van der Waals surface area (Å²) >= 11 is 0. The van der Waals surface area contributed by atoms with Gasteiger partial charge in [0.05, 0.1) is 25.4 Å². The molecule has 2 atom stereocenters. The summed E-state index contributed by atoms with van der Waals surface area (Å²) in [6.07, 6.45) is 52.8. The molecule has 0 radical (unpaired) electrons. The molecule has 322 valence electrons. The highest BCUT2D eigenvalue weighted by atomic mass is 16.5. The number of hydrogen-bond donors (Lipinski definition) is 3. The highest BCUT2D eigenvalue weighted by Crippen LogP contribution is 2.15. The van der Waals surface area contributed by atoms with Gasteiger partial charge in [0.2, 0.25) is 5.91 Å². The van der Waals surface area contributed by atoms with Gasteiger partial charge in [-0.2, -0.15) is 0 Å². The third kappa shape index (κ3) is 41.5. The maximum absolute atomic E-state index is 12.3. The quantitative estimate of drug-likeness (QED) is 0.0326. The number of allylic oxidation sites excluding steroid dienone is 5. The average molecular weight is 774 g/mol. The number of rotatable bonds is 43. The molecule has 0 aromatic rings. The van der Waals surface area contributed by atoms with E-state index in [1.807, 2.05) is 6.08 Å². The van der Waals surface area contributed by atoms with Gasteiger partial charge in [-0.3, -0.25) is 9.59 Å². The molecule has 0 aliphatic rings. The average Bonchev–Trinajstić information content (AvgIpc) is 3.18. The van der Waals surface area contributed by atoms with E-state index in [0.717, 1.165) is 64.2 Å². The second-order valence-corrected chi connectivity index (χ2v) is 16.1. The lowest BCUT2D eigenvalue weighted by Gasteiger charge is -2.20. The lowest BCUT2D eigenvalue weighted by atomic mass is 10.0. The Morgan fingerprint density at radius 2 is 0.927 bits per heavy atom. The molecule has 0 heterocycles. The van der Waals surface area contributed by atoms with Crippen molar-refractivity contribution < 1.29 is 24.5 Å². The summed E-state index contributed by atoms with van der Waals surface area (Å²) in [5, 5.41) is 22.9. The molecule has 0 aliphatic carbocycles. The van der Waals surface area contributed by atoms with Crippen LogP contribution in [0.3, 0.4) is 0 Å². The Morgan fingerprint density at radius 3 is 1.44 bits per heavy atom. The fourth-order valence-electron chi connectivity index (χ4n) is 6.94. The molecule has 0 fully saturated rings.